The van der Waals surface area contributed by atoms with Crippen LogP contribution in [0.25, 0.3) is 0 Å². The van der Waals surface area contributed by atoms with Crippen LogP contribution in [0.2, 0.25) is 0 Å². The van der Waals surface area contributed by atoms with Gasteiger partial charge in [0.25, 0.3) is 0 Å². The van der Waals surface area contributed by atoms with Crippen molar-refractivity contribution in [2.75, 3.05) is 13.2 Å². The number of rotatable bonds is 3. The van der Waals surface area contributed by atoms with E-state index in [2.05, 4.69) is 5.32 Å². The van der Waals surface area contributed by atoms with Crippen LogP contribution in [0.15, 0.2) is 0 Å². The average Bonchev–Trinajstić information content (AvgIpc) is 2.65. The minimum Gasteiger partial charge on any atom is -0.388 e. The van der Waals surface area contributed by atoms with Gasteiger partial charge in [-0.3, -0.25) is 4.79 Å². The number of carbonyl (C=O) groups is 1. The van der Waals surface area contributed by atoms with E-state index in [1.807, 2.05) is 6.92 Å². The Morgan fingerprint density at radius 3 is 2.56 bits per heavy atom. The van der Waals surface area contributed by atoms with Crippen molar-refractivity contribution in [1.82, 2.24) is 5.32 Å². The number of nitrogens with one attached hydrogen (secondary N) is 1. The van der Waals surface area contributed by atoms with Gasteiger partial charge in [0.1, 0.15) is 0 Å². The van der Waals surface area contributed by atoms with E-state index >= 15 is 0 Å². The Morgan fingerprint density at radius 1 is 1.33 bits per heavy atom. The molecule has 1 aliphatic carbocycles. The van der Waals surface area contributed by atoms with Crippen molar-refractivity contribution in [3.05, 3.63) is 0 Å². The lowest BCUT2D eigenvalue weighted by Gasteiger charge is -2.27. The van der Waals surface area contributed by atoms with E-state index in [0.717, 1.165) is 32.1 Å². The number of aliphatic hydroxyl groups is 1. The van der Waals surface area contributed by atoms with Crippen LogP contribution in [-0.4, -0.2) is 35.9 Å². The molecular formula is C14H25NO3. The van der Waals surface area contributed by atoms with Gasteiger partial charge in [0.15, 0.2) is 0 Å². The summed E-state index contributed by atoms with van der Waals surface area (Å²) in [6, 6.07) is 0. The molecule has 0 aromatic rings. The fourth-order valence-corrected chi connectivity index (χ4v) is 3.02. The lowest BCUT2D eigenvalue weighted by Crippen LogP contribution is -2.45. The first-order chi connectivity index (χ1) is 8.61. The third-order valence-corrected chi connectivity index (χ3v) is 4.34. The molecule has 4 heteroatoms. The molecule has 4 nitrogen and oxygen atoms in total. The van der Waals surface area contributed by atoms with E-state index in [4.69, 9.17) is 4.74 Å². The monoisotopic (exact) mass is 255 g/mol. The van der Waals surface area contributed by atoms with Crippen molar-refractivity contribution in [2.45, 2.75) is 63.6 Å². The normalized spacial score (nSPS) is 31.9. The van der Waals surface area contributed by atoms with Crippen LogP contribution in [0.1, 0.15) is 51.9 Å². The van der Waals surface area contributed by atoms with Crippen LogP contribution >= 0.6 is 0 Å². The molecular weight excluding hydrogens is 230 g/mol. The molecule has 0 spiro atoms. The van der Waals surface area contributed by atoms with E-state index in [9.17, 15) is 9.90 Å². The summed E-state index contributed by atoms with van der Waals surface area (Å²) in [5.41, 5.74) is -0.686. The van der Waals surface area contributed by atoms with Gasteiger partial charge in [0.2, 0.25) is 5.91 Å². The Hall–Kier alpha value is -0.610. The molecule has 2 N–H and O–H groups in total. The van der Waals surface area contributed by atoms with Crippen LogP contribution in [0.3, 0.4) is 0 Å². The Kier molecular flexibility index (Phi) is 4.62. The van der Waals surface area contributed by atoms with Crippen molar-refractivity contribution >= 4 is 5.91 Å². The van der Waals surface area contributed by atoms with Crippen molar-refractivity contribution in [3.8, 4) is 0 Å². The van der Waals surface area contributed by atoms with Crippen molar-refractivity contribution < 1.29 is 14.6 Å². The highest BCUT2D eigenvalue weighted by molar-refractivity contribution is 5.79. The average molecular weight is 255 g/mol. The summed E-state index contributed by atoms with van der Waals surface area (Å²) in [5, 5.41) is 13.4. The third-order valence-electron chi connectivity index (χ3n) is 4.34. The zero-order chi connectivity index (χ0) is 13.0. The molecule has 1 saturated heterocycles. The Labute approximate surface area is 109 Å². The molecule has 2 aliphatic rings. The molecule has 18 heavy (non-hydrogen) atoms. The number of ether oxygens (including phenoxy) is 1. The van der Waals surface area contributed by atoms with Crippen LogP contribution in [0.5, 0.6) is 0 Å². The molecule has 1 heterocycles. The number of carbonyl (C=O) groups excluding carboxylic acids is 1. The van der Waals surface area contributed by atoms with Gasteiger partial charge < -0.3 is 15.2 Å². The van der Waals surface area contributed by atoms with Crippen molar-refractivity contribution in [3.63, 3.8) is 0 Å². The molecule has 104 valence electrons. The van der Waals surface area contributed by atoms with Gasteiger partial charge in [-0.05, 0) is 26.2 Å². The highest BCUT2D eigenvalue weighted by Crippen LogP contribution is 2.27. The molecule has 1 amide bonds. The second-order valence-corrected chi connectivity index (χ2v) is 5.83. The van der Waals surface area contributed by atoms with Crippen LogP contribution < -0.4 is 5.32 Å². The molecule has 0 radical (unpaired) electrons. The highest BCUT2D eigenvalue weighted by atomic mass is 16.5. The second-order valence-electron chi connectivity index (χ2n) is 5.83. The zero-order valence-electron chi connectivity index (χ0n) is 11.3. The van der Waals surface area contributed by atoms with Gasteiger partial charge in [-0.2, -0.15) is 0 Å². The molecule has 1 aliphatic heterocycles. The predicted molar refractivity (Wildman–Crippen MR) is 69.2 cm³/mol. The molecule has 0 aromatic carbocycles. The van der Waals surface area contributed by atoms with Crippen molar-refractivity contribution in [2.24, 2.45) is 5.92 Å². The Morgan fingerprint density at radius 2 is 2.00 bits per heavy atom. The van der Waals surface area contributed by atoms with Crippen molar-refractivity contribution in [1.29, 1.82) is 0 Å². The maximum absolute atomic E-state index is 12.0. The number of hydrogen-bond donors (Lipinski definition) is 2. The molecule has 0 aromatic heterocycles. The second kappa shape index (κ2) is 6.02. The van der Waals surface area contributed by atoms with E-state index in [-0.39, 0.29) is 17.9 Å². The molecule has 2 unspecified atom stereocenters. The van der Waals surface area contributed by atoms with Gasteiger partial charge in [-0.1, -0.05) is 25.7 Å². The largest absolute Gasteiger partial charge is 0.388 e. The summed E-state index contributed by atoms with van der Waals surface area (Å²) < 4.78 is 5.40. The summed E-state index contributed by atoms with van der Waals surface area (Å²) >= 11 is 0. The van der Waals surface area contributed by atoms with E-state index in [1.54, 1.807) is 0 Å². The van der Waals surface area contributed by atoms with Gasteiger partial charge in [-0.15, -0.1) is 0 Å². The number of amides is 1. The summed E-state index contributed by atoms with van der Waals surface area (Å²) in [6.45, 7) is 3.01. The maximum atomic E-state index is 12.0. The topological polar surface area (TPSA) is 58.6 Å². The first-order valence-corrected chi connectivity index (χ1v) is 7.22. The smallest absolute Gasteiger partial charge is 0.225 e. The van der Waals surface area contributed by atoms with E-state index in [1.165, 1.54) is 12.8 Å². The molecule has 2 rings (SSSR count). The SMILES string of the molecule is CC1OCCC1C(=O)NCC1(O)CCCCCC1. The molecule has 2 atom stereocenters. The third kappa shape index (κ3) is 3.45. The van der Waals surface area contributed by atoms with Gasteiger partial charge >= 0.3 is 0 Å². The predicted octanol–water partition coefficient (Wildman–Crippen LogP) is 1.61. The van der Waals surface area contributed by atoms with Crippen LogP contribution in [0, 0.1) is 5.92 Å². The summed E-state index contributed by atoms with van der Waals surface area (Å²) in [5.74, 6) is -0.00273. The summed E-state index contributed by atoms with van der Waals surface area (Å²) in [6.07, 6.45) is 6.95. The Bertz CT molecular complexity index is 285. The fraction of sp³-hybridized carbons (Fsp3) is 0.929. The standard InChI is InChI=1S/C14H25NO3/c1-11-12(6-9-18-11)13(16)15-10-14(17)7-4-2-3-5-8-14/h11-12,17H,2-10H2,1H3,(H,15,16). The summed E-state index contributed by atoms with van der Waals surface area (Å²) in [4.78, 5) is 12.0. The molecule has 1 saturated carbocycles. The molecule has 2 fully saturated rings. The first kappa shape index (κ1) is 13.8. The lowest BCUT2D eigenvalue weighted by molar-refractivity contribution is -0.127. The fourth-order valence-electron chi connectivity index (χ4n) is 3.02. The maximum Gasteiger partial charge on any atom is 0.225 e. The molecule has 0 bridgehead atoms. The van der Waals surface area contributed by atoms with Gasteiger partial charge in [0.05, 0.1) is 17.6 Å². The lowest BCUT2D eigenvalue weighted by atomic mass is 9.94. The zero-order valence-corrected chi connectivity index (χ0v) is 11.3. The quantitative estimate of drug-likeness (QED) is 0.753. The van der Waals surface area contributed by atoms with Crippen LogP contribution in [-0.2, 0) is 9.53 Å². The minimum absolute atomic E-state index is 0.00813. The first-order valence-electron chi connectivity index (χ1n) is 7.22. The highest BCUT2D eigenvalue weighted by Gasteiger charge is 2.33. The van der Waals surface area contributed by atoms with Gasteiger partial charge in [-0.25, -0.2) is 0 Å². The van der Waals surface area contributed by atoms with E-state index in [0.29, 0.717) is 13.2 Å². The van der Waals surface area contributed by atoms with Crippen LogP contribution in [0.4, 0.5) is 0 Å². The summed E-state index contributed by atoms with van der Waals surface area (Å²) in [7, 11) is 0. The number of hydrogen-bond acceptors (Lipinski definition) is 3. The van der Waals surface area contributed by atoms with E-state index < -0.39 is 5.60 Å². The Balaban J connectivity index is 1.80. The van der Waals surface area contributed by atoms with Gasteiger partial charge in [0, 0.05) is 13.2 Å². The minimum atomic E-state index is -0.686.